The van der Waals surface area contributed by atoms with E-state index in [9.17, 15) is 4.79 Å². The summed E-state index contributed by atoms with van der Waals surface area (Å²) in [6, 6.07) is 13.7. The second-order valence-electron chi connectivity index (χ2n) is 5.87. The molecule has 0 spiro atoms. The van der Waals surface area contributed by atoms with E-state index in [2.05, 4.69) is 30.6 Å². The maximum absolute atomic E-state index is 12.6. The molecule has 1 aliphatic rings. The Hall–Kier alpha value is -2.14. The monoisotopic (exact) mass is 369 g/mol. The number of carbonyl (C=O) groups excluding carboxylic acids is 1. The summed E-state index contributed by atoms with van der Waals surface area (Å²) in [5.41, 5.74) is 4.09. The van der Waals surface area contributed by atoms with Crippen LogP contribution in [0.15, 0.2) is 53.1 Å². The van der Waals surface area contributed by atoms with Crippen LogP contribution in [0.4, 0.5) is 5.69 Å². The summed E-state index contributed by atoms with van der Waals surface area (Å²) >= 11 is 3.43. The summed E-state index contributed by atoms with van der Waals surface area (Å²) in [7, 11) is 0. The minimum Gasteiger partial charge on any atom is -0.326 e. The molecule has 0 aliphatic heterocycles. The molecule has 23 heavy (non-hydrogen) atoms. The lowest BCUT2D eigenvalue weighted by Gasteiger charge is -2.21. The van der Waals surface area contributed by atoms with Gasteiger partial charge in [-0.25, -0.2) is 4.98 Å². The summed E-state index contributed by atoms with van der Waals surface area (Å²) < 4.78 is 3.07. The molecule has 0 radical (unpaired) electrons. The number of pyridine rings is 1. The molecule has 116 valence electrons. The van der Waals surface area contributed by atoms with Crippen molar-refractivity contribution in [1.29, 1.82) is 0 Å². The van der Waals surface area contributed by atoms with Crippen LogP contribution in [-0.4, -0.2) is 15.3 Å². The minimum atomic E-state index is -0.0124. The van der Waals surface area contributed by atoms with Gasteiger partial charge in [0.05, 0.1) is 5.69 Å². The molecule has 3 aromatic rings. The van der Waals surface area contributed by atoms with Crippen LogP contribution >= 0.6 is 15.9 Å². The Balaban J connectivity index is 1.56. The highest BCUT2D eigenvalue weighted by Crippen LogP contribution is 2.27. The molecule has 1 atom stereocenters. The van der Waals surface area contributed by atoms with E-state index in [0.29, 0.717) is 0 Å². The number of hydrogen-bond donors (Lipinski definition) is 1. The molecule has 1 aromatic carbocycles. The number of nitrogens with one attached hydrogen (secondary N) is 1. The van der Waals surface area contributed by atoms with Gasteiger partial charge in [-0.15, -0.1) is 0 Å². The van der Waals surface area contributed by atoms with Crippen molar-refractivity contribution in [3.63, 3.8) is 0 Å². The predicted molar refractivity (Wildman–Crippen MR) is 93.5 cm³/mol. The summed E-state index contributed by atoms with van der Waals surface area (Å²) in [5, 5.41) is 3.02. The number of benzene rings is 1. The topological polar surface area (TPSA) is 46.4 Å². The molecule has 0 fully saturated rings. The van der Waals surface area contributed by atoms with Gasteiger partial charge >= 0.3 is 0 Å². The Bertz CT molecular complexity index is 887. The predicted octanol–water partition coefficient (Wildman–Crippen LogP) is 3.84. The number of rotatable bonds is 2. The molecular formula is C18H16BrN3O. The molecule has 2 heterocycles. The van der Waals surface area contributed by atoms with Gasteiger partial charge in [-0.2, -0.15) is 0 Å². The number of aromatic nitrogens is 2. The number of aryl methyl sites for hydroxylation is 1. The fourth-order valence-corrected chi connectivity index (χ4v) is 3.59. The summed E-state index contributed by atoms with van der Waals surface area (Å²) in [6.07, 6.45) is 4.46. The van der Waals surface area contributed by atoms with Crippen LogP contribution in [0.3, 0.4) is 0 Å². The average Bonchev–Trinajstić information content (AvgIpc) is 2.92. The van der Waals surface area contributed by atoms with Gasteiger partial charge in [0.15, 0.2) is 0 Å². The minimum absolute atomic E-state index is 0.0124. The summed E-state index contributed by atoms with van der Waals surface area (Å²) in [6.45, 7) is 0. The lowest BCUT2D eigenvalue weighted by Crippen LogP contribution is -2.28. The number of nitrogens with zero attached hydrogens (tertiary/aromatic N) is 2. The Labute approximate surface area is 142 Å². The first-order valence-electron chi connectivity index (χ1n) is 7.72. The number of hydrogen-bond acceptors (Lipinski definition) is 2. The maximum Gasteiger partial charge on any atom is 0.227 e. The zero-order valence-electron chi connectivity index (χ0n) is 12.5. The van der Waals surface area contributed by atoms with Gasteiger partial charge < -0.3 is 9.72 Å². The summed E-state index contributed by atoms with van der Waals surface area (Å²) in [4.78, 5) is 17.3. The molecule has 1 amide bonds. The normalized spacial score (nSPS) is 17.0. The van der Waals surface area contributed by atoms with E-state index < -0.39 is 0 Å². The Morgan fingerprint density at radius 3 is 3.04 bits per heavy atom. The molecule has 1 N–H and O–H groups in total. The van der Waals surface area contributed by atoms with Crippen LogP contribution in [0, 0.1) is 5.92 Å². The van der Waals surface area contributed by atoms with Crippen LogP contribution in [0.5, 0.6) is 0 Å². The zero-order valence-corrected chi connectivity index (χ0v) is 14.1. The van der Waals surface area contributed by atoms with E-state index in [-0.39, 0.29) is 11.8 Å². The van der Waals surface area contributed by atoms with Crippen molar-refractivity contribution in [2.24, 2.45) is 5.92 Å². The van der Waals surface area contributed by atoms with Crippen LogP contribution in [-0.2, 0) is 17.6 Å². The highest BCUT2D eigenvalue weighted by atomic mass is 79.9. The molecule has 1 unspecified atom stereocenters. The van der Waals surface area contributed by atoms with Crippen molar-refractivity contribution < 1.29 is 4.79 Å². The van der Waals surface area contributed by atoms with Gasteiger partial charge in [0.2, 0.25) is 5.91 Å². The maximum atomic E-state index is 12.6. The Kier molecular flexibility index (Phi) is 3.65. The van der Waals surface area contributed by atoms with E-state index in [1.807, 2.05) is 48.7 Å². The van der Waals surface area contributed by atoms with Crippen LogP contribution < -0.4 is 5.32 Å². The van der Waals surface area contributed by atoms with E-state index in [1.165, 1.54) is 5.69 Å². The van der Waals surface area contributed by atoms with Crippen molar-refractivity contribution in [2.75, 3.05) is 5.32 Å². The first kappa shape index (κ1) is 14.5. The number of halogens is 1. The number of anilines is 1. The van der Waals surface area contributed by atoms with E-state index >= 15 is 0 Å². The van der Waals surface area contributed by atoms with E-state index in [1.54, 1.807) is 0 Å². The number of carbonyl (C=O) groups is 1. The van der Waals surface area contributed by atoms with Crippen LogP contribution in [0.25, 0.3) is 5.65 Å². The van der Waals surface area contributed by atoms with E-state index in [4.69, 9.17) is 0 Å². The molecule has 4 nitrogen and oxygen atoms in total. The van der Waals surface area contributed by atoms with Gasteiger partial charge in [0.25, 0.3) is 0 Å². The van der Waals surface area contributed by atoms with Gasteiger partial charge in [0, 0.05) is 34.4 Å². The third-order valence-corrected chi connectivity index (χ3v) is 4.84. The average molecular weight is 370 g/mol. The van der Waals surface area contributed by atoms with Crippen molar-refractivity contribution in [3.8, 4) is 0 Å². The third-order valence-electron chi connectivity index (χ3n) is 4.34. The van der Waals surface area contributed by atoms with Gasteiger partial charge in [0.1, 0.15) is 5.65 Å². The number of imidazole rings is 1. The SMILES string of the molecule is O=C(Nc1cccc(Br)c1)C1CCc2nc3ccccn3c2C1. The molecule has 1 aliphatic carbocycles. The Morgan fingerprint density at radius 1 is 1.26 bits per heavy atom. The van der Waals surface area contributed by atoms with Crippen molar-refractivity contribution in [2.45, 2.75) is 19.3 Å². The summed E-state index contributed by atoms with van der Waals surface area (Å²) in [5.74, 6) is 0.0706. The molecular weight excluding hydrogens is 354 g/mol. The highest BCUT2D eigenvalue weighted by molar-refractivity contribution is 9.10. The highest BCUT2D eigenvalue weighted by Gasteiger charge is 2.28. The third kappa shape index (κ3) is 2.77. The second-order valence-corrected chi connectivity index (χ2v) is 6.79. The van der Waals surface area contributed by atoms with Gasteiger partial charge in [-0.3, -0.25) is 4.79 Å². The first-order chi connectivity index (χ1) is 11.2. The molecule has 0 saturated carbocycles. The van der Waals surface area contributed by atoms with Crippen LogP contribution in [0.2, 0.25) is 0 Å². The van der Waals surface area contributed by atoms with Crippen molar-refractivity contribution >= 4 is 33.2 Å². The fraction of sp³-hybridized carbons (Fsp3) is 0.222. The molecule has 5 heteroatoms. The zero-order chi connectivity index (χ0) is 15.8. The van der Waals surface area contributed by atoms with Gasteiger partial charge in [-0.1, -0.05) is 28.1 Å². The Morgan fingerprint density at radius 2 is 2.17 bits per heavy atom. The largest absolute Gasteiger partial charge is 0.326 e. The smallest absolute Gasteiger partial charge is 0.227 e. The van der Waals surface area contributed by atoms with Crippen molar-refractivity contribution in [1.82, 2.24) is 9.38 Å². The number of amides is 1. The van der Waals surface area contributed by atoms with Gasteiger partial charge in [-0.05, 0) is 43.2 Å². The van der Waals surface area contributed by atoms with E-state index in [0.717, 1.165) is 40.8 Å². The second kappa shape index (κ2) is 5.81. The lowest BCUT2D eigenvalue weighted by atomic mass is 9.89. The first-order valence-corrected chi connectivity index (χ1v) is 8.51. The lowest BCUT2D eigenvalue weighted by molar-refractivity contribution is -0.120. The fourth-order valence-electron chi connectivity index (χ4n) is 3.19. The molecule has 4 rings (SSSR count). The standard InChI is InChI=1S/C18H16BrN3O/c19-13-4-3-5-14(11-13)20-18(23)12-7-8-15-16(10-12)22-9-2-1-6-17(22)21-15/h1-6,9,11-12H,7-8,10H2,(H,20,23). The number of fused-ring (bicyclic) bond motifs is 3. The molecule has 0 bridgehead atoms. The van der Waals surface area contributed by atoms with Crippen LogP contribution in [0.1, 0.15) is 17.8 Å². The van der Waals surface area contributed by atoms with Crippen molar-refractivity contribution in [3.05, 3.63) is 64.5 Å². The molecule has 2 aromatic heterocycles. The molecule has 0 saturated heterocycles. The quantitative estimate of drug-likeness (QED) is 0.745.